The third-order valence-electron chi connectivity index (χ3n) is 3.54. The molecule has 0 radical (unpaired) electrons. The van der Waals surface area contributed by atoms with Gasteiger partial charge in [0.2, 0.25) is 0 Å². The monoisotopic (exact) mass is 199 g/mol. The Kier molecular flexibility index (Phi) is 4.39. The van der Waals surface area contributed by atoms with Crippen LogP contribution in [0.1, 0.15) is 52.9 Å². The minimum absolute atomic E-state index is 0.107. The van der Waals surface area contributed by atoms with Crippen molar-refractivity contribution in [3.8, 4) is 0 Å². The zero-order valence-corrected chi connectivity index (χ0v) is 9.88. The summed E-state index contributed by atoms with van der Waals surface area (Å²) in [5.74, 6) is 0.976. The maximum Gasteiger partial charge on any atom is 0.0801 e. The van der Waals surface area contributed by atoms with Gasteiger partial charge in [-0.25, -0.2) is 0 Å². The molecule has 84 valence electrons. The van der Waals surface area contributed by atoms with E-state index in [9.17, 15) is 0 Å². The topological polar surface area (TPSA) is 35.2 Å². The van der Waals surface area contributed by atoms with E-state index in [-0.39, 0.29) is 11.6 Å². The summed E-state index contributed by atoms with van der Waals surface area (Å²) in [7, 11) is 0. The number of hydrogen-bond acceptors (Lipinski definition) is 2. The van der Waals surface area contributed by atoms with Gasteiger partial charge in [-0.05, 0) is 39.0 Å². The SMILES string of the molecule is CCOC(C)(CC)C(N)CCC1CC1. The molecule has 1 aliphatic rings. The van der Waals surface area contributed by atoms with Gasteiger partial charge in [-0.1, -0.05) is 19.8 Å². The van der Waals surface area contributed by atoms with E-state index in [2.05, 4.69) is 13.8 Å². The zero-order chi connectivity index (χ0) is 10.6. The van der Waals surface area contributed by atoms with E-state index in [4.69, 9.17) is 10.5 Å². The summed E-state index contributed by atoms with van der Waals surface area (Å²) in [4.78, 5) is 0. The average Bonchev–Trinajstić information content (AvgIpc) is 2.98. The molecule has 2 heteroatoms. The van der Waals surface area contributed by atoms with Crippen LogP contribution in [0.5, 0.6) is 0 Å². The number of rotatable bonds is 7. The lowest BCUT2D eigenvalue weighted by Gasteiger charge is -2.34. The van der Waals surface area contributed by atoms with Crippen molar-refractivity contribution in [1.29, 1.82) is 0 Å². The Morgan fingerprint density at radius 2 is 2.07 bits per heavy atom. The van der Waals surface area contributed by atoms with Crippen LogP contribution in [0.4, 0.5) is 0 Å². The van der Waals surface area contributed by atoms with Crippen LogP contribution < -0.4 is 5.73 Å². The number of ether oxygens (including phenoxy) is 1. The quantitative estimate of drug-likeness (QED) is 0.684. The summed E-state index contributed by atoms with van der Waals surface area (Å²) in [5, 5.41) is 0. The molecule has 2 atom stereocenters. The van der Waals surface area contributed by atoms with Gasteiger partial charge in [-0.2, -0.15) is 0 Å². The average molecular weight is 199 g/mol. The minimum atomic E-state index is -0.107. The van der Waals surface area contributed by atoms with Gasteiger partial charge >= 0.3 is 0 Å². The summed E-state index contributed by atoms with van der Waals surface area (Å²) in [6.07, 6.45) is 6.26. The van der Waals surface area contributed by atoms with Gasteiger partial charge in [-0.3, -0.25) is 0 Å². The highest BCUT2D eigenvalue weighted by molar-refractivity contribution is 4.87. The predicted octanol–water partition coefficient (Wildman–Crippen LogP) is 2.71. The van der Waals surface area contributed by atoms with E-state index in [1.54, 1.807) is 0 Å². The van der Waals surface area contributed by atoms with Gasteiger partial charge in [0.15, 0.2) is 0 Å². The Morgan fingerprint density at radius 3 is 2.50 bits per heavy atom. The lowest BCUT2D eigenvalue weighted by molar-refractivity contribution is -0.0485. The molecule has 0 aromatic rings. The van der Waals surface area contributed by atoms with Gasteiger partial charge in [0.25, 0.3) is 0 Å². The second-order valence-corrected chi connectivity index (χ2v) is 4.73. The molecule has 2 unspecified atom stereocenters. The molecule has 1 fully saturated rings. The molecule has 0 bridgehead atoms. The Morgan fingerprint density at radius 1 is 1.43 bits per heavy atom. The number of hydrogen-bond donors (Lipinski definition) is 1. The van der Waals surface area contributed by atoms with Crippen molar-refractivity contribution in [2.24, 2.45) is 11.7 Å². The zero-order valence-electron chi connectivity index (χ0n) is 9.88. The van der Waals surface area contributed by atoms with Crippen LogP contribution in [-0.2, 0) is 4.74 Å². The second-order valence-electron chi connectivity index (χ2n) is 4.73. The fraction of sp³-hybridized carbons (Fsp3) is 1.00. The van der Waals surface area contributed by atoms with Crippen molar-refractivity contribution in [2.75, 3.05) is 6.61 Å². The van der Waals surface area contributed by atoms with Crippen LogP contribution in [0.25, 0.3) is 0 Å². The first-order valence-corrected chi connectivity index (χ1v) is 6.02. The molecule has 1 rings (SSSR count). The van der Waals surface area contributed by atoms with E-state index >= 15 is 0 Å². The van der Waals surface area contributed by atoms with E-state index in [0.29, 0.717) is 0 Å². The molecule has 2 nitrogen and oxygen atoms in total. The molecule has 14 heavy (non-hydrogen) atoms. The highest BCUT2D eigenvalue weighted by Crippen LogP contribution is 2.35. The molecule has 0 aliphatic heterocycles. The summed E-state index contributed by atoms with van der Waals surface area (Å²) in [5.41, 5.74) is 6.09. The third-order valence-corrected chi connectivity index (χ3v) is 3.54. The van der Waals surface area contributed by atoms with Crippen molar-refractivity contribution in [3.05, 3.63) is 0 Å². The first kappa shape index (κ1) is 12.0. The fourth-order valence-corrected chi connectivity index (χ4v) is 1.93. The molecule has 0 aromatic carbocycles. The summed E-state index contributed by atoms with van der Waals surface area (Å²) in [6.45, 7) is 7.11. The van der Waals surface area contributed by atoms with Gasteiger partial charge in [0.1, 0.15) is 0 Å². The van der Waals surface area contributed by atoms with Crippen LogP contribution in [0.3, 0.4) is 0 Å². The molecule has 0 aromatic heterocycles. The first-order valence-electron chi connectivity index (χ1n) is 6.02. The number of nitrogens with two attached hydrogens (primary N) is 1. The molecule has 0 saturated heterocycles. The van der Waals surface area contributed by atoms with Gasteiger partial charge < -0.3 is 10.5 Å². The van der Waals surface area contributed by atoms with Crippen LogP contribution in [0.15, 0.2) is 0 Å². The predicted molar refractivity (Wildman–Crippen MR) is 60.3 cm³/mol. The fourth-order valence-electron chi connectivity index (χ4n) is 1.93. The molecule has 1 saturated carbocycles. The minimum Gasteiger partial charge on any atom is -0.374 e. The van der Waals surface area contributed by atoms with E-state index < -0.39 is 0 Å². The molecule has 2 N–H and O–H groups in total. The lowest BCUT2D eigenvalue weighted by atomic mass is 9.90. The molecule has 0 amide bonds. The summed E-state index contributed by atoms with van der Waals surface area (Å²) in [6, 6.07) is 0.202. The smallest absolute Gasteiger partial charge is 0.0801 e. The van der Waals surface area contributed by atoms with Gasteiger partial charge in [0.05, 0.1) is 5.60 Å². The Hall–Kier alpha value is -0.0800. The molecule has 1 aliphatic carbocycles. The van der Waals surface area contributed by atoms with Crippen molar-refractivity contribution >= 4 is 0 Å². The normalized spacial score (nSPS) is 23.1. The molecular formula is C12H25NO. The van der Waals surface area contributed by atoms with Crippen molar-refractivity contribution in [1.82, 2.24) is 0 Å². The van der Waals surface area contributed by atoms with Crippen molar-refractivity contribution in [3.63, 3.8) is 0 Å². The Bertz CT molecular complexity index is 168. The van der Waals surface area contributed by atoms with Gasteiger partial charge in [-0.15, -0.1) is 0 Å². The Labute approximate surface area is 88.2 Å². The lowest BCUT2D eigenvalue weighted by Crippen LogP contribution is -2.47. The third kappa shape index (κ3) is 3.25. The Balaban J connectivity index is 2.31. The summed E-state index contributed by atoms with van der Waals surface area (Å²) < 4.78 is 5.77. The van der Waals surface area contributed by atoms with Crippen LogP contribution in [0.2, 0.25) is 0 Å². The molecule has 0 heterocycles. The molecule has 0 spiro atoms. The van der Waals surface area contributed by atoms with E-state index in [0.717, 1.165) is 25.4 Å². The van der Waals surface area contributed by atoms with Gasteiger partial charge in [0, 0.05) is 12.6 Å². The largest absolute Gasteiger partial charge is 0.374 e. The van der Waals surface area contributed by atoms with Crippen LogP contribution in [-0.4, -0.2) is 18.2 Å². The van der Waals surface area contributed by atoms with Crippen LogP contribution >= 0.6 is 0 Å². The highest BCUT2D eigenvalue weighted by Gasteiger charge is 2.32. The van der Waals surface area contributed by atoms with E-state index in [1.165, 1.54) is 19.3 Å². The molecular weight excluding hydrogens is 174 g/mol. The van der Waals surface area contributed by atoms with Crippen molar-refractivity contribution in [2.45, 2.75) is 64.5 Å². The maximum absolute atomic E-state index is 6.20. The second kappa shape index (κ2) is 5.13. The standard InChI is InChI=1S/C12H25NO/c1-4-12(3,14-5-2)11(13)9-8-10-6-7-10/h10-11H,4-9,13H2,1-3H3. The maximum atomic E-state index is 6.20. The van der Waals surface area contributed by atoms with Crippen molar-refractivity contribution < 1.29 is 4.74 Å². The highest BCUT2D eigenvalue weighted by atomic mass is 16.5. The summed E-state index contributed by atoms with van der Waals surface area (Å²) >= 11 is 0. The van der Waals surface area contributed by atoms with E-state index in [1.807, 2.05) is 6.92 Å². The first-order chi connectivity index (χ1) is 6.62. The van der Waals surface area contributed by atoms with Crippen LogP contribution in [0, 0.1) is 5.92 Å².